The molecule has 0 aliphatic carbocycles. The molecule has 0 radical (unpaired) electrons. The summed E-state index contributed by atoms with van der Waals surface area (Å²) in [5.74, 6) is 2.00. The molecule has 4 rings (SSSR count). The van der Waals surface area contributed by atoms with Gasteiger partial charge >= 0.3 is 0 Å². The Kier molecular flexibility index (Phi) is 4.16. The molecule has 1 aromatic carbocycles. The van der Waals surface area contributed by atoms with Gasteiger partial charge in [0.2, 0.25) is 11.7 Å². The molecular weight excluding hydrogens is 334 g/mol. The number of para-hydroxylation sites is 1. The summed E-state index contributed by atoms with van der Waals surface area (Å²) < 4.78 is 10.6. The first-order valence-corrected chi connectivity index (χ1v) is 8.52. The van der Waals surface area contributed by atoms with Crippen LogP contribution in [-0.4, -0.2) is 39.7 Å². The zero-order chi connectivity index (χ0) is 18.1. The van der Waals surface area contributed by atoms with Gasteiger partial charge in [0.25, 0.3) is 5.91 Å². The summed E-state index contributed by atoms with van der Waals surface area (Å²) in [5.41, 5.74) is 2.18. The molecule has 0 saturated heterocycles. The standard InChI is InChI=1S/C18H19N5O3/c1-3-14-21-17(23-26-14)16-20-12-8-10(9-19-18(24)15(12)22-16)11-6-4-5-7-13(11)25-2/h4-7,10H,3,8-9H2,1-2H3,(H,19,24)(H,20,22)/t10-/m0/s1. The van der Waals surface area contributed by atoms with Gasteiger partial charge in [-0.15, -0.1) is 0 Å². The van der Waals surface area contributed by atoms with E-state index in [9.17, 15) is 4.79 Å². The van der Waals surface area contributed by atoms with Gasteiger partial charge in [-0.3, -0.25) is 4.79 Å². The first-order valence-electron chi connectivity index (χ1n) is 8.52. The lowest BCUT2D eigenvalue weighted by Crippen LogP contribution is -2.26. The molecule has 8 heteroatoms. The monoisotopic (exact) mass is 353 g/mol. The average Bonchev–Trinajstić information content (AvgIpc) is 3.28. The van der Waals surface area contributed by atoms with E-state index in [1.165, 1.54) is 0 Å². The molecule has 3 heterocycles. The fourth-order valence-electron chi connectivity index (χ4n) is 3.19. The van der Waals surface area contributed by atoms with E-state index in [1.807, 2.05) is 31.2 Å². The van der Waals surface area contributed by atoms with Gasteiger partial charge in [0.05, 0.1) is 7.11 Å². The SMILES string of the molecule is CCc1nc(-c2nc3c([nH]2)C[C@H](c2ccccc2OC)CNC3=O)no1. The van der Waals surface area contributed by atoms with Gasteiger partial charge in [-0.2, -0.15) is 4.98 Å². The molecule has 0 spiro atoms. The lowest BCUT2D eigenvalue weighted by Gasteiger charge is -2.17. The molecule has 0 unspecified atom stereocenters. The normalized spacial score (nSPS) is 16.7. The van der Waals surface area contributed by atoms with Crippen molar-refractivity contribution in [2.24, 2.45) is 0 Å². The molecule has 0 saturated carbocycles. The van der Waals surface area contributed by atoms with Gasteiger partial charge in [0.1, 0.15) is 11.4 Å². The minimum absolute atomic E-state index is 0.0705. The molecule has 0 fully saturated rings. The highest BCUT2D eigenvalue weighted by Crippen LogP contribution is 2.31. The summed E-state index contributed by atoms with van der Waals surface area (Å²) in [6.45, 7) is 2.45. The van der Waals surface area contributed by atoms with Crippen LogP contribution in [0.25, 0.3) is 11.6 Å². The number of amides is 1. The van der Waals surface area contributed by atoms with Crippen molar-refractivity contribution in [1.82, 2.24) is 25.4 Å². The molecule has 1 amide bonds. The second kappa shape index (κ2) is 6.62. The van der Waals surface area contributed by atoms with E-state index in [-0.39, 0.29) is 11.8 Å². The van der Waals surface area contributed by atoms with Crippen molar-refractivity contribution in [2.45, 2.75) is 25.7 Å². The van der Waals surface area contributed by atoms with Crippen molar-refractivity contribution in [2.75, 3.05) is 13.7 Å². The summed E-state index contributed by atoms with van der Waals surface area (Å²) in [5, 5.41) is 6.86. The Labute approximate surface area is 150 Å². The predicted molar refractivity (Wildman–Crippen MR) is 93.0 cm³/mol. The number of ether oxygens (including phenoxy) is 1. The van der Waals surface area contributed by atoms with E-state index in [0.29, 0.717) is 42.6 Å². The third-order valence-electron chi connectivity index (χ3n) is 4.51. The van der Waals surface area contributed by atoms with Gasteiger partial charge in [-0.25, -0.2) is 4.98 Å². The number of carbonyl (C=O) groups excluding carboxylic acids is 1. The summed E-state index contributed by atoms with van der Waals surface area (Å²) in [6.07, 6.45) is 1.27. The number of rotatable bonds is 4. The zero-order valence-corrected chi connectivity index (χ0v) is 14.6. The molecule has 134 valence electrons. The van der Waals surface area contributed by atoms with Crippen LogP contribution < -0.4 is 10.1 Å². The van der Waals surface area contributed by atoms with Crippen molar-refractivity contribution in [3.8, 4) is 17.4 Å². The van der Waals surface area contributed by atoms with Gasteiger partial charge in [-0.1, -0.05) is 30.3 Å². The first kappa shape index (κ1) is 16.3. The smallest absolute Gasteiger partial charge is 0.271 e. The van der Waals surface area contributed by atoms with E-state index in [1.54, 1.807) is 7.11 Å². The van der Waals surface area contributed by atoms with Crippen molar-refractivity contribution in [1.29, 1.82) is 0 Å². The minimum atomic E-state index is -0.209. The highest BCUT2D eigenvalue weighted by molar-refractivity contribution is 5.94. The van der Waals surface area contributed by atoms with Crippen molar-refractivity contribution >= 4 is 5.91 Å². The molecule has 0 bridgehead atoms. The van der Waals surface area contributed by atoms with Crippen molar-refractivity contribution in [3.63, 3.8) is 0 Å². The van der Waals surface area contributed by atoms with Crippen LogP contribution in [0.4, 0.5) is 0 Å². The number of imidazole rings is 1. The maximum atomic E-state index is 12.5. The molecule has 3 aromatic rings. The van der Waals surface area contributed by atoms with Crippen LogP contribution in [0.5, 0.6) is 5.75 Å². The van der Waals surface area contributed by atoms with Gasteiger partial charge < -0.3 is 19.6 Å². The fourth-order valence-corrected chi connectivity index (χ4v) is 3.19. The fraction of sp³-hybridized carbons (Fsp3) is 0.333. The molecule has 1 atom stereocenters. The molecule has 2 N–H and O–H groups in total. The quantitative estimate of drug-likeness (QED) is 0.744. The lowest BCUT2D eigenvalue weighted by molar-refractivity contribution is 0.0950. The maximum Gasteiger partial charge on any atom is 0.271 e. The average molecular weight is 353 g/mol. The number of methoxy groups -OCH3 is 1. The molecule has 1 aliphatic rings. The minimum Gasteiger partial charge on any atom is -0.496 e. The van der Waals surface area contributed by atoms with E-state index in [4.69, 9.17) is 9.26 Å². The second-order valence-electron chi connectivity index (χ2n) is 6.13. The first-order chi connectivity index (χ1) is 12.7. The number of hydrogen-bond acceptors (Lipinski definition) is 6. The third kappa shape index (κ3) is 2.83. The Balaban J connectivity index is 1.69. The molecule has 8 nitrogen and oxygen atoms in total. The van der Waals surface area contributed by atoms with Gasteiger partial charge in [-0.05, 0) is 18.1 Å². The number of aromatic nitrogens is 4. The molecule has 1 aliphatic heterocycles. The number of H-pyrrole nitrogens is 1. The Morgan fingerprint density at radius 3 is 2.92 bits per heavy atom. The number of hydrogen-bond donors (Lipinski definition) is 2. The van der Waals surface area contributed by atoms with E-state index in [0.717, 1.165) is 17.0 Å². The van der Waals surface area contributed by atoms with Crippen LogP contribution in [0.15, 0.2) is 28.8 Å². The largest absolute Gasteiger partial charge is 0.496 e. The number of aryl methyl sites for hydroxylation is 1. The second-order valence-corrected chi connectivity index (χ2v) is 6.13. The van der Waals surface area contributed by atoms with Crippen LogP contribution in [0.1, 0.15) is 40.5 Å². The van der Waals surface area contributed by atoms with Gasteiger partial charge in [0, 0.05) is 24.6 Å². The topological polar surface area (TPSA) is 106 Å². The summed E-state index contributed by atoms with van der Waals surface area (Å²) in [6, 6.07) is 7.84. The Bertz CT molecular complexity index is 946. The Hall–Kier alpha value is -3.16. The van der Waals surface area contributed by atoms with E-state index < -0.39 is 0 Å². The van der Waals surface area contributed by atoms with Crippen LogP contribution in [0.2, 0.25) is 0 Å². The Morgan fingerprint density at radius 1 is 1.31 bits per heavy atom. The van der Waals surface area contributed by atoms with E-state index in [2.05, 4.69) is 25.4 Å². The molecular formula is C18H19N5O3. The lowest BCUT2D eigenvalue weighted by atomic mass is 9.93. The number of nitrogens with zero attached hydrogens (tertiary/aromatic N) is 3. The third-order valence-corrected chi connectivity index (χ3v) is 4.51. The molecule has 2 aromatic heterocycles. The number of aromatic amines is 1. The number of benzene rings is 1. The van der Waals surface area contributed by atoms with E-state index >= 15 is 0 Å². The number of nitrogens with one attached hydrogen (secondary N) is 2. The van der Waals surface area contributed by atoms with Crippen molar-refractivity contribution in [3.05, 3.63) is 47.1 Å². The van der Waals surface area contributed by atoms with Gasteiger partial charge in [0.15, 0.2) is 5.82 Å². The molecule has 26 heavy (non-hydrogen) atoms. The van der Waals surface area contributed by atoms with Crippen LogP contribution >= 0.6 is 0 Å². The Morgan fingerprint density at radius 2 is 2.15 bits per heavy atom. The predicted octanol–water partition coefficient (Wildman–Crippen LogP) is 2.10. The van der Waals surface area contributed by atoms with Crippen molar-refractivity contribution < 1.29 is 14.1 Å². The number of carbonyl (C=O) groups is 1. The summed E-state index contributed by atoms with van der Waals surface area (Å²) >= 11 is 0. The highest BCUT2D eigenvalue weighted by atomic mass is 16.5. The zero-order valence-electron chi connectivity index (χ0n) is 14.6. The number of fused-ring (bicyclic) bond motifs is 1. The summed E-state index contributed by atoms with van der Waals surface area (Å²) in [7, 11) is 1.65. The summed E-state index contributed by atoms with van der Waals surface area (Å²) in [4.78, 5) is 24.3. The van der Waals surface area contributed by atoms with Crippen LogP contribution in [-0.2, 0) is 12.8 Å². The highest BCUT2D eigenvalue weighted by Gasteiger charge is 2.28. The van der Waals surface area contributed by atoms with Crippen LogP contribution in [0.3, 0.4) is 0 Å². The van der Waals surface area contributed by atoms with Crippen LogP contribution in [0, 0.1) is 0 Å². The maximum absolute atomic E-state index is 12.5.